The average molecular weight is 825 g/mol. The number of hydrogen-bond acceptors (Lipinski definition) is 0. The highest BCUT2D eigenvalue weighted by Crippen LogP contribution is 2.34. The third-order valence-corrected chi connectivity index (χ3v) is 10.6. The highest BCUT2D eigenvalue weighted by molar-refractivity contribution is 5.98. The van der Waals surface area contributed by atoms with E-state index in [0.29, 0.717) is 11.1 Å². The zero-order valence-electron chi connectivity index (χ0n) is 33.2. The summed E-state index contributed by atoms with van der Waals surface area (Å²) in [5.41, 5.74) is 9.30. The Morgan fingerprint density at radius 2 is 0.710 bits per heavy atom. The molecule has 0 unspecified atom stereocenters. The number of fused-ring (bicyclic) bond motifs is 1. The summed E-state index contributed by atoms with van der Waals surface area (Å²) >= 11 is 0. The van der Waals surface area contributed by atoms with Gasteiger partial charge in [0.25, 0.3) is 0 Å². The lowest BCUT2D eigenvalue weighted by Gasteiger charge is -2.12. The average Bonchev–Trinajstić information content (AvgIpc) is 3.29. The largest absolute Gasteiger partial charge is 0.416 e. The fraction of sp³-hybridized carbons (Fsp3) is 0.0357. The highest BCUT2D eigenvalue weighted by Gasteiger charge is 2.31. The van der Waals surface area contributed by atoms with Crippen molar-refractivity contribution in [3.63, 3.8) is 0 Å². The Morgan fingerprint density at radius 3 is 1.16 bits per heavy atom. The lowest BCUT2D eigenvalue weighted by Crippen LogP contribution is -2.04. The zero-order chi connectivity index (χ0) is 43.1. The van der Waals surface area contributed by atoms with Crippen LogP contribution in [0.1, 0.15) is 66.8 Å². The third kappa shape index (κ3) is 9.94. The maximum atomic E-state index is 13.3. The molecule has 0 aromatic heterocycles. The summed E-state index contributed by atoms with van der Waals surface area (Å²) in [7, 11) is 0. The number of halogens is 6. The van der Waals surface area contributed by atoms with Gasteiger partial charge in [0.1, 0.15) is 0 Å². The minimum atomic E-state index is -4.41. The van der Waals surface area contributed by atoms with Crippen LogP contribution in [-0.4, -0.2) is 0 Å². The second-order valence-corrected chi connectivity index (χ2v) is 14.8. The van der Waals surface area contributed by atoms with Gasteiger partial charge in [-0.15, -0.1) is 0 Å². The molecule has 8 aromatic carbocycles. The molecule has 6 heteroatoms. The minimum absolute atomic E-state index is 0.686. The van der Waals surface area contributed by atoms with E-state index in [9.17, 15) is 26.3 Å². The van der Waals surface area contributed by atoms with Gasteiger partial charge in [-0.2, -0.15) is 26.3 Å². The van der Waals surface area contributed by atoms with E-state index in [1.807, 2.05) is 133 Å². The molecule has 0 aliphatic heterocycles. The molecule has 0 saturated heterocycles. The molecule has 0 atom stereocenters. The lowest BCUT2D eigenvalue weighted by atomic mass is 9.94. The Balaban J connectivity index is 1.05. The van der Waals surface area contributed by atoms with Crippen LogP contribution in [0, 0.1) is 0 Å². The Bertz CT molecular complexity index is 2900. The van der Waals surface area contributed by atoms with Gasteiger partial charge in [0.05, 0.1) is 11.1 Å². The van der Waals surface area contributed by atoms with Gasteiger partial charge < -0.3 is 0 Å². The molecule has 0 heterocycles. The molecule has 0 aliphatic carbocycles. The summed E-state index contributed by atoms with van der Waals surface area (Å²) in [6.45, 7) is 0. The van der Waals surface area contributed by atoms with Gasteiger partial charge in [-0.1, -0.05) is 194 Å². The third-order valence-electron chi connectivity index (χ3n) is 10.6. The Kier molecular flexibility index (Phi) is 12.0. The second-order valence-electron chi connectivity index (χ2n) is 14.8. The lowest BCUT2D eigenvalue weighted by molar-refractivity contribution is -0.138. The standard InChI is InChI=1S/C56H38F6/c57-55(58,59)49-32-28-47(29-33-49)53(43-9-3-1-4-10-43)37-41-19-15-39(16-20-41)23-25-46-27-26-45-13-7-8-14-51(45)52(46)36-24-40-17-21-42(22-18-40)38-54(44-11-5-2-6-12-44)48-30-34-50(35-31-48)56(60,61)62/h1-38H. The SMILES string of the molecule is FC(F)(F)c1ccc(C(=Cc2ccc(C=Cc3ccc4ccccc4c3C=Cc3ccc(C=C(c4ccccc4)c4ccc(C(F)(F)F)cc4)cc3)cc2)c2ccccc2)cc1. The molecule has 62 heavy (non-hydrogen) atoms. The molecule has 0 N–H and O–H groups in total. The molecule has 304 valence electrons. The molecule has 0 amide bonds. The summed E-state index contributed by atoms with van der Waals surface area (Å²) in [5, 5.41) is 2.21. The molecule has 0 nitrogen and oxygen atoms in total. The van der Waals surface area contributed by atoms with Gasteiger partial charge >= 0.3 is 12.4 Å². The van der Waals surface area contributed by atoms with Crippen molar-refractivity contribution < 1.29 is 26.3 Å². The van der Waals surface area contributed by atoms with Gasteiger partial charge in [-0.3, -0.25) is 0 Å². The molecule has 0 aliphatic rings. The van der Waals surface area contributed by atoms with Gasteiger partial charge in [-0.25, -0.2) is 0 Å². The van der Waals surface area contributed by atoms with Crippen LogP contribution >= 0.6 is 0 Å². The van der Waals surface area contributed by atoms with Gasteiger partial charge in [-0.05, 0) is 114 Å². The molecule has 8 rings (SSSR count). The first kappa shape index (κ1) is 41.3. The monoisotopic (exact) mass is 824 g/mol. The molecule has 0 fully saturated rings. The Morgan fingerprint density at radius 1 is 0.323 bits per heavy atom. The maximum Gasteiger partial charge on any atom is 0.416 e. The summed E-state index contributed by atoms with van der Waals surface area (Å²) < 4.78 is 79.9. The van der Waals surface area contributed by atoms with Crippen LogP contribution in [0.2, 0.25) is 0 Å². The molecule has 0 radical (unpaired) electrons. The fourth-order valence-electron chi connectivity index (χ4n) is 7.33. The van der Waals surface area contributed by atoms with Crippen molar-refractivity contribution >= 4 is 58.4 Å². The van der Waals surface area contributed by atoms with Gasteiger partial charge in [0, 0.05) is 0 Å². The van der Waals surface area contributed by atoms with Crippen LogP contribution in [0.4, 0.5) is 26.3 Å². The summed E-state index contributed by atoms with van der Waals surface area (Å²) in [6.07, 6.45) is 3.50. The van der Waals surface area contributed by atoms with E-state index in [-0.39, 0.29) is 0 Å². The van der Waals surface area contributed by atoms with Crippen molar-refractivity contribution in [1.82, 2.24) is 0 Å². The predicted octanol–water partition coefficient (Wildman–Crippen LogP) is 16.4. The predicted molar refractivity (Wildman–Crippen MR) is 244 cm³/mol. The Hall–Kier alpha value is -7.44. The first-order valence-corrected chi connectivity index (χ1v) is 20.0. The van der Waals surface area contributed by atoms with Crippen molar-refractivity contribution in [2.75, 3.05) is 0 Å². The first-order valence-electron chi connectivity index (χ1n) is 20.0. The van der Waals surface area contributed by atoms with Gasteiger partial charge in [0.15, 0.2) is 0 Å². The van der Waals surface area contributed by atoms with E-state index in [1.54, 1.807) is 0 Å². The second kappa shape index (κ2) is 18.0. The van der Waals surface area contributed by atoms with Crippen molar-refractivity contribution in [2.24, 2.45) is 0 Å². The van der Waals surface area contributed by atoms with Gasteiger partial charge in [0.2, 0.25) is 0 Å². The number of rotatable bonds is 10. The first-order chi connectivity index (χ1) is 30.0. The number of benzene rings is 8. The van der Waals surface area contributed by atoms with Crippen LogP contribution in [-0.2, 0) is 12.4 Å². The normalized spacial score (nSPS) is 12.7. The molecular weight excluding hydrogens is 787 g/mol. The summed E-state index contributed by atoms with van der Waals surface area (Å²) in [4.78, 5) is 0. The smallest absolute Gasteiger partial charge is 0.166 e. The highest BCUT2D eigenvalue weighted by atomic mass is 19.4. The van der Waals surface area contributed by atoms with E-state index in [2.05, 4.69) is 48.6 Å². The van der Waals surface area contributed by atoms with Crippen LogP contribution in [0.15, 0.2) is 194 Å². The molecule has 0 spiro atoms. The summed E-state index contributed by atoms with van der Waals surface area (Å²) in [5.74, 6) is 0. The van der Waals surface area contributed by atoms with E-state index >= 15 is 0 Å². The van der Waals surface area contributed by atoms with E-state index < -0.39 is 23.5 Å². The van der Waals surface area contributed by atoms with E-state index in [0.717, 1.165) is 90.7 Å². The number of alkyl halides is 6. The fourth-order valence-corrected chi connectivity index (χ4v) is 7.33. The Labute approximate surface area is 356 Å². The van der Waals surface area contributed by atoms with Crippen LogP contribution in [0.5, 0.6) is 0 Å². The van der Waals surface area contributed by atoms with E-state index in [1.165, 1.54) is 24.3 Å². The molecule has 0 bridgehead atoms. The van der Waals surface area contributed by atoms with Crippen LogP contribution in [0.3, 0.4) is 0 Å². The van der Waals surface area contributed by atoms with E-state index in [4.69, 9.17) is 0 Å². The van der Waals surface area contributed by atoms with Crippen molar-refractivity contribution in [2.45, 2.75) is 12.4 Å². The molecular formula is C56H38F6. The topological polar surface area (TPSA) is 0 Å². The molecule has 0 saturated carbocycles. The maximum absolute atomic E-state index is 13.3. The zero-order valence-corrected chi connectivity index (χ0v) is 33.2. The van der Waals surface area contributed by atoms with Crippen LogP contribution in [0.25, 0.3) is 58.4 Å². The van der Waals surface area contributed by atoms with Crippen molar-refractivity contribution in [3.05, 3.63) is 261 Å². The molecule has 8 aromatic rings. The van der Waals surface area contributed by atoms with Crippen LogP contribution < -0.4 is 0 Å². The van der Waals surface area contributed by atoms with Crippen molar-refractivity contribution in [3.8, 4) is 0 Å². The summed E-state index contributed by atoms with van der Waals surface area (Å²) in [6, 6.07) is 58.3. The van der Waals surface area contributed by atoms with Crippen molar-refractivity contribution in [1.29, 1.82) is 0 Å². The minimum Gasteiger partial charge on any atom is -0.166 e. The number of hydrogen-bond donors (Lipinski definition) is 0. The quantitative estimate of drug-likeness (QED) is 0.0952.